The molecule has 0 aliphatic heterocycles. The number of nitrogens with zero attached hydrogens (tertiary/aromatic N) is 4. The van der Waals surface area contributed by atoms with Gasteiger partial charge in [-0.2, -0.15) is 5.26 Å². The number of pyridine rings is 1. The predicted molar refractivity (Wildman–Crippen MR) is 175 cm³/mol. The molecule has 45 heavy (non-hydrogen) atoms. The van der Waals surface area contributed by atoms with Crippen LogP contribution in [0.2, 0.25) is 0 Å². The fourth-order valence-corrected chi connectivity index (χ4v) is 7.53. The Morgan fingerprint density at radius 3 is 2.53 bits per heavy atom. The Bertz CT molecular complexity index is 2090. The van der Waals surface area contributed by atoms with Gasteiger partial charge >= 0.3 is 0 Å². The molecule has 3 heterocycles. The molecule has 224 valence electrons. The van der Waals surface area contributed by atoms with Crippen molar-refractivity contribution in [3.8, 4) is 6.07 Å². The second-order valence-electron chi connectivity index (χ2n) is 10.3. The number of sulfone groups is 1. The van der Waals surface area contributed by atoms with Crippen molar-refractivity contribution in [3.05, 3.63) is 143 Å². The summed E-state index contributed by atoms with van der Waals surface area (Å²) in [6.45, 7) is 0.831. The highest BCUT2D eigenvalue weighted by atomic mass is 32.2. The van der Waals surface area contributed by atoms with Gasteiger partial charge in [0.05, 0.1) is 39.6 Å². The lowest BCUT2D eigenvalue weighted by Gasteiger charge is -2.22. The van der Waals surface area contributed by atoms with E-state index in [0.29, 0.717) is 41.3 Å². The number of amides is 1. The second-order valence-corrected chi connectivity index (χ2v) is 13.4. The van der Waals surface area contributed by atoms with E-state index < -0.39 is 15.2 Å². The van der Waals surface area contributed by atoms with Gasteiger partial charge in [0.1, 0.15) is 0 Å². The summed E-state index contributed by atoms with van der Waals surface area (Å²) in [4.78, 5) is 22.2. The Labute approximate surface area is 264 Å². The number of anilines is 1. The van der Waals surface area contributed by atoms with Gasteiger partial charge in [-0.05, 0) is 71.6 Å². The van der Waals surface area contributed by atoms with Gasteiger partial charge < -0.3 is 15.2 Å². The molecule has 3 aromatic carbocycles. The van der Waals surface area contributed by atoms with Crippen LogP contribution >= 0.6 is 11.3 Å². The third-order valence-electron chi connectivity index (χ3n) is 7.26. The van der Waals surface area contributed by atoms with E-state index in [1.807, 2.05) is 54.6 Å². The highest BCUT2D eigenvalue weighted by Gasteiger charge is 2.32. The van der Waals surface area contributed by atoms with Crippen molar-refractivity contribution < 1.29 is 13.2 Å². The number of fused-ring (bicyclic) bond motifs is 1. The average molecular weight is 633 g/mol. The summed E-state index contributed by atoms with van der Waals surface area (Å²) >= 11 is 1.38. The zero-order valence-electron chi connectivity index (χ0n) is 24.0. The first-order valence-electron chi connectivity index (χ1n) is 14.2. The standard InChI is InChI=1S/C34H28N6O3S2/c35-20-24-9-11-25(12-10-24)22-40-23-36-21-30(40)34(45(42,43)29-7-2-1-3-8-29)39-28-13-14-31-26(18-28)19-32(44-31)33(41)38-17-15-27-6-4-5-16-37-27/h1-14,16,18-19,21,23,34,39H,15,17,22H2,(H,38,41). The maximum absolute atomic E-state index is 14.1. The van der Waals surface area contributed by atoms with Crippen LogP contribution < -0.4 is 10.6 Å². The van der Waals surface area contributed by atoms with E-state index in [1.54, 1.807) is 65.8 Å². The third-order valence-corrected chi connectivity index (χ3v) is 10.3. The Morgan fingerprint density at radius 1 is 0.978 bits per heavy atom. The Morgan fingerprint density at radius 2 is 1.78 bits per heavy atom. The van der Waals surface area contributed by atoms with Crippen LogP contribution in [-0.4, -0.2) is 35.4 Å². The SMILES string of the molecule is N#Cc1ccc(Cn2cncc2C(Nc2ccc3sc(C(=O)NCCc4ccccn4)cc3c2)S(=O)(=O)c2ccccc2)cc1. The Kier molecular flexibility index (Phi) is 8.68. The van der Waals surface area contributed by atoms with Crippen molar-refractivity contribution >= 4 is 42.9 Å². The number of hydrogen-bond acceptors (Lipinski definition) is 8. The Balaban J connectivity index is 1.27. The molecule has 0 radical (unpaired) electrons. The minimum absolute atomic E-state index is 0.169. The number of hydrogen-bond donors (Lipinski definition) is 2. The number of benzene rings is 3. The summed E-state index contributed by atoms with van der Waals surface area (Å²) in [6.07, 6.45) is 5.51. The normalized spacial score (nSPS) is 12.0. The minimum Gasteiger partial charge on any atom is -0.364 e. The first-order valence-corrected chi connectivity index (χ1v) is 16.5. The molecule has 6 aromatic rings. The van der Waals surface area contributed by atoms with Gasteiger partial charge in [0.2, 0.25) is 9.84 Å². The smallest absolute Gasteiger partial charge is 0.261 e. The summed E-state index contributed by atoms with van der Waals surface area (Å²) in [5, 5.41) is 15.0. The summed E-state index contributed by atoms with van der Waals surface area (Å²) in [6, 6.07) is 30.6. The molecule has 1 amide bonds. The first kappa shape index (κ1) is 29.7. The van der Waals surface area contributed by atoms with E-state index in [-0.39, 0.29) is 10.8 Å². The van der Waals surface area contributed by atoms with E-state index in [4.69, 9.17) is 5.26 Å². The van der Waals surface area contributed by atoms with Crippen LogP contribution in [-0.2, 0) is 22.8 Å². The fraction of sp³-hybridized carbons (Fsp3) is 0.118. The molecule has 11 heteroatoms. The molecular weight excluding hydrogens is 605 g/mol. The number of carbonyl (C=O) groups is 1. The summed E-state index contributed by atoms with van der Waals surface area (Å²) in [5.41, 5.74) is 3.39. The number of carbonyl (C=O) groups excluding carboxylic acids is 1. The largest absolute Gasteiger partial charge is 0.364 e. The third kappa shape index (κ3) is 6.77. The Hall–Kier alpha value is -5.31. The fourth-order valence-electron chi connectivity index (χ4n) is 4.95. The molecule has 6 rings (SSSR count). The van der Waals surface area contributed by atoms with Gasteiger partial charge in [0.15, 0.2) is 5.37 Å². The molecular formula is C34H28N6O3S2. The molecule has 0 bridgehead atoms. The van der Waals surface area contributed by atoms with Crippen LogP contribution in [0.4, 0.5) is 5.69 Å². The summed E-state index contributed by atoms with van der Waals surface area (Å²) < 4.78 is 30.9. The minimum atomic E-state index is -3.92. The number of rotatable bonds is 11. The number of aromatic nitrogens is 3. The van der Waals surface area contributed by atoms with Crippen molar-refractivity contribution in [2.24, 2.45) is 0 Å². The molecule has 0 spiro atoms. The zero-order valence-corrected chi connectivity index (χ0v) is 25.6. The molecule has 1 unspecified atom stereocenters. The van der Waals surface area contributed by atoms with Crippen molar-refractivity contribution in [1.29, 1.82) is 5.26 Å². The van der Waals surface area contributed by atoms with Crippen LogP contribution in [0.15, 0.2) is 121 Å². The topological polar surface area (TPSA) is 130 Å². The van der Waals surface area contributed by atoms with Gasteiger partial charge in [0, 0.05) is 41.8 Å². The monoisotopic (exact) mass is 632 g/mol. The lowest BCUT2D eigenvalue weighted by atomic mass is 10.1. The van der Waals surface area contributed by atoms with Gasteiger partial charge in [-0.3, -0.25) is 9.78 Å². The number of imidazole rings is 1. The molecule has 2 N–H and O–H groups in total. The van der Waals surface area contributed by atoms with Gasteiger partial charge in [0.25, 0.3) is 5.91 Å². The molecule has 0 fully saturated rings. The van der Waals surface area contributed by atoms with Crippen LogP contribution in [0.5, 0.6) is 0 Å². The van der Waals surface area contributed by atoms with E-state index in [9.17, 15) is 13.2 Å². The van der Waals surface area contributed by atoms with E-state index in [0.717, 1.165) is 21.3 Å². The molecule has 9 nitrogen and oxygen atoms in total. The first-order chi connectivity index (χ1) is 21.9. The second kappa shape index (κ2) is 13.1. The summed E-state index contributed by atoms with van der Waals surface area (Å²) in [5.74, 6) is -0.169. The van der Waals surface area contributed by atoms with Gasteiger partial charge in [-0.25, -0.2) is 13.4 Å². The van der Waals surface area contributed by atoms with E-state index >= 15 is 0 Å². The van der Waals surface area contributed by atoms with Gasteiger partial charge in [-0.15, -0.1) is 11.3 Å². The zero-order chi connectivity index (χ0) is 31.2. The summed E-state index contributed by atoms with van der Waals surface area (Å²) in [7, 11) is -3.92. The quantitative estimate of drug-likeness (QED) is 0.180. The highest BCUT2D eigenvalue weighted by Crippen LogP contribution is 2.34. The molecule has 0 saturated carbocycles. The van der Waals surface area contributed by atoms with Crippen molar-refractivity contribution in [3.63, 3.8) is 0 Å². The van der Waals surface area contributed by atoms with Crippen LogP contribution in [0.3, 0.4) is 0 Å². The number of nitrogens with one attached hydrogen (secondary N) is 2. The van der Waals surface area contributed by atoms with Crippen molar-refractivity contribution in [2.75, 3.05) is 11.9 Å². The van der Waals surface area contributed by atoms with E-state index in [2.05, 4.69) is 26.7 Å². The van der Waals surface area contributed by atoms with Crippen molar-refractivity contribution in [1.82, 2.24) is 19.9 Å². The highest BCUT2D eigenvalue weighted by molar-refractivity contribution is 7.91. The molecule has 3 aromatic heterocycles. The maximum Gasteiger partial charge on any atom is 0.261 e. The molecule has 0 aliphatic carbocycles. The van der Waals surface area contributed by atoms with Gasteiger partial charge in [-0.1, -0.05) is 36.4 Å². The molecule has 0 saturated heterocycles. The van der Waals surface area contributed by atoms with Crippen LogP contribution in [0.1, 0.15) is 37.6 Å². The predicted octanol–water partition coefficient (Wildman–Crippen LogP) is 5.97. The number of thiophene rings is 1. The average Bonchev–Trinajstić information content (AvgIpc) is 3.71. The lowest BCUT2D eigenvalue weighted by Crippen LogP contribution is -2.25. The molecule has 1 atom stereocenters. The lowest BCUT2D eigenvalue weighted by molar-refractivity contribution is 0.0958. The van der Waals surface area contributed by atoms with Crippen molar-refractivity contribution in [2.45, 2.75) is 23.2 Å². The maximum atomic E-state index is 14.1. The van der Waals surface area contributed by atoms with Crippen LogP contribution in [0.25, 0.3) is 10.1 Å². The molecule has 0 aliphatic rings. The van der Waals surface area contributed by atoms with Crippen LogP contribution in [0, 0.1) is 11.3 Å². The number of nitriles is 1. The van der Waals surface area contributed by atoms with E-state index in [1.165, 1.54) is 11.3 Å².